The summed E-state index contributed by atoms with van der Waals surface area (Å²) in [5, 5.41) is 9.33. The average Bonchev–Trinajstić information content (AvgIpc) is 3.20. The van der Waals surface area contributed by atoms with Gasteiger partial charge in [0.15, 0.2) is 11.5 Å². The van der Waals surface area contributed by atoms with E-state index in [4.69, 9.17) is 13.9 Å². The topological polar surface area (TPSA) is 115 Å². The fourth-order valence-corrected chi connectivity index (χ4v) is 2.80. The number of carbonyl (C=O) groups excluding carboxylic acids is 1. The zero-order chi connectivity index (χ0) is 21.0. The predicted molar refractivity (Wildman–Crippen MR) is 103 cm³/mol. The second kappa shape index (κ2) is 8.35. The van der Waals surface area contributed by atoms with Crippen molar-refractivity contribution in [2.75, 3.05) is 14.2 Å². The lowest BCUT2D eigenvalue weighted by atomic mass is 10.0. The van der Waals surface area contributed by atoms with Crippen molar-refractivity contribution in [3.05, 3.63) is 69.5 Å². The summed E-state index contributed by atoms with van der Waals surface area (Å²) >= 11 is 0. The van der Waals surface area contributed by atoms with Crippen molar-refractivity contribution in [2.45, 2.75) is 13.5 Å². The molecule has 0 amide bonds. The van der Waals surface area contributed by atoms with Gasteiger partial charge in [-0.1, -0.05) is 6.07 Å². The molecule has 3 rings (SSSR count). The van der Waals surface area contributed by atoms with Gasteiger partial charge in [-0.05, 0) is 42.8 Å². The molecule has 0 spiro atoms. The van der Waals surface area contributed by atoms with E-state index in [1.165, 1.54) is 20.3 Å². The van der Waals surface area contributed by atoms with Crippen LogP contribution in [0.4, 0.5) is 0 Å². The summed E-state index contributed by atoms with van der Waals surface area (Å²) in [5.74, 6) is 0.812. The first kappa shape index (κ1) is 19.8. The van der Waals surface area contributed by atoms with Gasteiger partial charge >= 0.3 is 5.97 Å². The van der Waals surface area contributed by atoms with Crippen molar-refractivity contribution < 1.29 is 23.4 Å². The third-order valence-electron chi connectivity index (χ3n) is 4.17. The minimum absolute atomic E-state index is 0.0252. The Bertz CT molecular complexity index is 1150. The van der Waals surface area contributed by atoms with Crippen molar-refractivity contribution in [2.24, 2.45) is 0 Å². The molecule has 0 aliphatic heterocycles. The number of aryl methyl sites for hydroxylation is 1. The number of hydrogen-bond donors (Lipinski definition) is 1. The van der Waals surface area contributed by atoms with Gasteiger partial charge in [-0.2, -0.15) is 5.26 Å². The molecule has 0 aliphatic carbocycles. The predicted octanol–water partition coefficient (Wildman–Crippen LogP) is 3.19. The molecule has 0 radical (unpaired) electrons. The quantitative estimate of drug-likeness (QED) is 0.639. The first-order valence-corrected chi connectivity index (χ1v) is 8.59. The molecule has 8 heteroatoms. The molecule has 0 bridgehead atoms. The van der Waals surface area contributed by atoms with Gasteiger partial charge in [0.1, 0.15) is 24.0 Å². The normalized spacial score (nSPS) is 10.3. The minimum Gasteiger partial charge on any atom is -0.493 e. The van der Waals surface area contributed by atoms with Crippen molar-refractivity contribution in [3.63, 3.8) is 0 Å². The van der Waals surface area contributed by atoms with E-state index < -0.39 is 11.5 Å². The SMILES string of the molecule is COC(=O)c1ccc(COc2ccc(-c3cc(C)[nH]c(=O)c3C#N)cc2OC)o1. The number of benzene rings is 1. The lowest BCUT2D eigenvalue weighted by Crippen LogP contribution is -2.12. The summed E-state index contributed by atoms with van der Waals surface area (Å²) in [6.45, 7) is 1.81. The molecule has 0 fully saturated rings. The van der Waals surface area contributed by atoms with Crippen LogP contribution in [0, 0.1) is 18.3 Å². The summed E-state index contributed by atoms with van der Waals surface area (Å²) < 4.78 is 21.1. The Hall–Kier alpha value is -3.99. The molecule has 0 saturated carbocycles. The van der Waals surface area contributed by atoms with Crippen LogP contribution >= 0.6 is 0 Å². The van der Waals surface area contributed by atoms with E-state index in [2.05, 4.69) is 9.72 Å². The summed E-state index contributed by atoms with van der Waals surface area (Å²) in [4.78, 5) is 26.1. The number of nitrogens with zero attached hydrogens (tertiary/aromatic N) is 1. The number of aromatic nitrogens is 1. The number of nitriles is 1. The molecule has 29 heavy (non-hydrogen) atoms. The van der Waals surface area contributed by atoms with E-state index in [0.29, 0.717) is 34.1 Å². The van der Waals surface area contributed by atoms with Gasteiger partial charge in [0.2, 0.25) is 5.76 Å². The highest BCUT2D eigenvalue weighted by Gasteiger charge is 2.15. The van der Waals surface area contributed by atoms with Crippen LogP contribution < -0.4 is 15.0 Å². The van der Waals surface area contributed by atoms with Gasteiger partial charge < -0.3 is 23.6 Å². The van der Waals surface area contributed by atoms with Crippen molar-refractivity contribution >= 4 is 5.97 Å². The van der Waals surface area contributed by atoms with E-state index in [0.717, 1.165) is 0 Å². The lowest BCUT2D eigenvalue weighted by molar-refractivity contribution is 0.0561. The molecular formula is C21H18N2O6. The summed E-state index contributed by atoms with van der Waals surface area (Å²) in [6.07, 6.45) is 0. The zero-order valence-corrected chi connectivity index (χ0v) is 16.1. The van der Waals surface area contributed by atoms with Crippen molar-refractivity contribution in [1.82, 2.24) is 4.98 Å². The minimum atomic E-state index is -0.570. The van der Waals surface area contributed by atoms with Crippen LogP contribution in [-0.2, 0) is 11.3 Å². The number of H-pyrrole nitrogens is 1. The van der Waals surface area contributed by atoms with E-state index in [1.54, 1.807) is 37.3 Å². The largest absolute Gasteiger partial charge is 0.493 e. The van der Waals surface area contributed by atoms with Crippen molar-refractivity contribution in [3.8, 4) is 28.7 Å². The highest BCUT2D eigenvalue weighted by atomic mass is 16.5. The van der Waals surface area contributed by atoms with Gasteiger partial charge in [-0.15, -0.1) is 0 Å². The molecule has 0 aliphatic rings. The Morgan fingerprint density at radius 2 is 1.97 bits per heavy atom. The highest BCUT2D eigenvalue weighted by molar-refractivity contribution is 5.86. The first-order valence-electron chi connectivity index (χ1n) is 8.59. The number of aromatic amines is 1. The summed E-state index contributed by atoms with van der Waals surface area (Å²) in [6, 6.07) is 11.9. The molecule has 1 aromatic carbocycles. The number of esters is 1. The van der Waals surface area contributed by atoms with E-state index in [1.807, 2.05) is 6.07 Å². The van der Waals surface area contributed by atoms with E-state index >= 15 is 0 Å². The standard InChI is InChI=1S/C21H18N2O6/c1-12-8-15(16(10-22)20(24)23-12)13-4-6-17(19(9-13)26-2)28-11-14-5-7-18(29-14)21(25)27-3/h4-9H,11H2,1-3H3,(H,23,24). The molecule has 8 nitrogen and oxygen atoms in total. The fraction of sp³-hybridized carbons (Fsp3) is 0.190. The molecule has 0 atom stereocenters. The molecule has 1 N–H and O–H groups in total. The number of pyridine rings is 1. The third kappa shape index (κ3) is 4.14. The second-order valence-electron chi connectivity index (χ2n) is 6.09. The number of nitrogens with one attached hydrogen (secondary N) is 1. The Kier molecular flexibility index (Phi) is 5.69. The van der Waals surface area contributed by atoms with E-state index in [9.17, 15) is 14.9 Å². The molecule has 2 heterocycles. The zero-order valence-electron chi connectivity index (χ0n) is 16.1. The average molecular weight is 394 g/mol. The maximum Gasteiger partial charge on any atom is 0.373 e. The van der Waals surface area contributed by atoms with Gasteiger partial charge in [0.05, 0.1) is 14.2 Å². The Morgan fingerprint density at radius 3 is 2.66 bits per heavy atom. The van der Waals surface area contributed by atoms with Crippen LogP contribution in [0.1, 0.15) is 27.6 Å². The molecule has 148 valence electrons. The number of furan rings is 1. The second-order valence-corrected chi connectivity index (χ2v) is 6.09. The highest BCUT2D eigenvalue weighted by Crippen LogP contribution is 2.34. The van der Waals surface area contributed by atoms with Gasteiger partial charge in [-0.3, -0.25) is 4.79 Å². The smallest absolute Gasteiger partial charge is 0.373 e. The maximum atomic E-state index is 12.0. The van der Waals surface area contributed by atoms with Crippen molar-refractivity contribution in [1.29, 1.82) is 5.26 Å². The molecule has 0 saturated heterocycles. The first-order chi connectivity index (χ1) is 14.0. The summed E-state index contributed by atoms with van der Waals surface area (Å²) in [5.41, 5.74) is 1.37. The monoisotopic (exact) mass is 394 g/mol. The summed E-state index contributed by atoms with van der Waals surface area (Å²) in [7, 11) is 2.76. The number of rotatable bonds is 6. The third-order valence-corrected chi connectivity index (χ3v) is 4.17. The molecular weight excluding hydrogens is 376 g/mol. The van der Waals surface area contributed by atoms with E-state index in [-0.39, 0.29) is 17.9 Å². The lowest BCUT2D eigenvalue weighted by Gasteiger charge is -2.12. The molecule has 2 aromatic heterocycles. The Balaban J connectivity index is 1.87. The van der Waals surface area contributed by atoms with Crippen LogP contribution in [-0.4, -0.2) is 25.2 Å². The van der Waals surface area contributed by atoms with Crippen LogP contribution in [0.5, 0.6) is 11.5 Å². The molecule has 3 aromatic rings. The fourth-order valence-electron chi connectivity index (χ4n) is 2.80. The number of carbonyl (C=O) groups is 1. The maximum absolute atomic E-state index is 12.0. The van der Waals surface area contributed by atoms with Crippen LogP contribution in [0.2, 0.25) is 0 Å². The van der Waals surface area contributed by atoms with Crippen LogP contribution in [0.25, 0.3) is 11.1 Å². The Morgan fingerprint density at radius 1 is 1.17 bits per heavy atom. The number of methoxy groups -OCH3 is 2. The van der Waals surface area contributed by atoms with Gasteiger partial charge in [-0.25, -0.2) is 4.79 Å². The van der Waals surface area contributed by atoms with Gasteiger partial charge in [0, 0.05) is 11.3 Å². The number of ether oxygens (including phenoxy) is 3. The van der Waals surface area contributed by atoms with Gasteiger partial charge in [0.25, 0.3) is 5.56 Å². The molecule has 0 unspecified atom stereocenters. The van der Waals surface area contributed by atoms with Crippen LogP contribution in [0.3, 0.4) is 0 Å². The number of hydrogen-bond acceptors (Lipinski definition) is 7. The van der Waals surface area contributed by atoms with Crippen LogP contribution in [0.15, 0.2) is 45.6 Å². The Labute approximate surface area is 166 Å².